The number of rotatable bonds is 4. The number of carboxylic acid groups (broad SMARTS) is 1. The van der Waals surface area contributed by atoms with Crippen molar-refractivity contribution in [3.8, 4) is 6.07 Å². The second kappa shape index (κ2) is 6.77. The molecule has 0 saturated carbocycles. The summed E-state index contributed by atoms with van der Waals surface area (Å²) < 4.78 is 1.16. The Labute approximate surface area is 134 Å². The normalized spacial score (nSPS) is 10.0. The zero-order valence-corrected chi connectivity index (χ0v) is 13.3. The average Bonchev–Trinajstić information content (AvgIpc) is 2.42. The van der Waals surface area contributed by atoms with E-state index in [1.807, 2.05) is 24.3 Å². The number of nitriles is 1. The zero-order chi connectivity index (χ0) is 14.5. The Kier molecular flexibility index (Phi) is 5.04. The van der Waals surface area contributed by atoms with Crippen molar-refractivity contribution in [1.29, 1.82) is 5.26 Å². The first kappa shape index (κ1) is 14.9. The Balaban J connectivity index is 2.26. The van der Waals surface area contributed by atoms with E-state index in [0.29, 0.717) is 11.1 Å². The lowest BCUT2D eigenvalue weighted by Gasteiger charge is -2.06. The topological polar surface area (TPSA) is 61.1 Å². The van der Waals surface area contributed by atoms with E-state index in [9.17, 15) is 10.1 Å². The van der Waals surface area contributed by atoms with Crippen molar-refractivity contribution >= 4 is 40.3 Å². The summed E-state index contributed by atoms with van der Waals surface area (Å²) in [6, 6.07) is 15.3. The molecule has 0 aromatic heterocycles. The van der Waals surface area contributed by atoms with Crippen LogP contribution < -0.4 is 0 Å². The maximum Gasteiger partial charge on any atom is 0.307 e. The van der Waals surface area contributed by atoms with Crippen LogP contribution in [0.25, 0.3) is 0 Å². The molecule has 20 heavy (non-hydrogen) atoms. The van der Waals surface area contributed by atoms with Gasteiger partial charge in [-0.1, -0.05) is 17.8 Å². The summed E-state index contributed by atoms with van der Waals surface area (Å²) in [5, 5.41) is 18.0. The molecule has 0 aliphatic heterocycles. The molecule has 0 atom stereocenters. The molecule has 3 nitrogen and oxygen atoms in total. The van der Waals surface area contributed by atoms with E-state index in [4.69, 9.17) is 5.11 Å². The monoisotopic (exact) mass is 395 g/mol. The molecule has 0 amide bonds. The first-order valence-electron chi connectivity index (χ1n) is 5.77. The smallest absolute Gasteiger partial charge is 0.307 e. The van der Waals surface area contributed by atoms with E-state index in [1.165, 1.54) is 11.8 Å². The third-order valence-electron chi connectivity index (χ3n) is 2.56. The van der Waals surface area contributed by atoms with Crippen molar-refractivity contribution in [2.45, 2.75) is 16.2 Å². The summed E-state index contributed by atoms with van der Waals surface area (Å²) in [6.45, 7) is 0. The van der Waals surface area contributed by atoms with Crippen LogP contribution in [0.15, 0.2) is 52.3 Å². The van der Waals surface area contributed by atoms with Gasteiger partial charge in [-0.15, -0.1) is 0 Å². The third kappa shape index (κ3) is 3.99. The molecule has 0 saturated heterocycles. The van der Waals surface area contributed by atoms with Crippen molar-refractivity contribution in [2.75, 3.05) is 0 Å². The van der Waals surface area contributed by atoms with Crippen molar-refractivity contribution in [3.63, 3.8) is 0 Å². The Hall–Kier alpha value is -1.52. The van der Waals surface area contributed by atoms with E-state index in [0.717, 1.165) is 13.4 Å². The average molecular weight is 395 g/mol. The fraction of sp³-hybridized carbons (Fsp3) is 0.0667. The van der Waals surface area contributed by atoms with Gasteiger partial charge in [-0.2, -0.15) is 5.26 Å². The minimum Gasteiger partial charge on any atom is -0.481 e. The summed E-state index contributed by atoms with van der Waals surface area (Å²) in [5.41, 5.74) is 1.15. The second-order valence-electron chi connectivity index (χ2n) is 4.07. The zero-order valence-electron chi connectivity index (χ0n) is 10.3. The maximum atomic E-state index is 10.7. The summed E-state index contributed by atoms with van der Waals surface area (Å²) in [7, 11) is 0. The number of hydrogen-bond acceptors (Lipinski definition) is 3. The summed E-state index contributed by atoms with van der Waals surface area (Å²) in [5.74, 6) is -0.896. The van der Waals surface area contributed by atoms with E-state index in [2.05, 4.69) is 28.7 Å². The Bertz CT molecular complexity index is 677. The van der Waals surface area contributed by atoms with Gasteiger partial charge in [0.05, 0.1) is 12.0 Å². The molecule has 0 radical (unpaired) electrons. The van der Waals surface area contributed by atoms with E-state index in [1.54, 1.807) is 18.2 Å². The summed E-state index contributed by atoms with van der Waals surface area (Å²) in [4.78, 5) is 12.6. The van der Waals surface area contributed by atoms with Crippen LogP contribution in [0.3, 0.4) is 0 Å². The number of carboxylic acids is 1. The standard InChI is InChI=1S/C15H10INO2S/c16-12-2-4-13(5-3-12)20-14-6-1-10(8-15(18)19)7-11(14)9-17/h1-7H,8H2,(H,18,19). The Morgan fingerprint density at radius 2 is 1.95 bits per heavy atom. The van der Waals surface area contributed by atoms with Crippen LogP contribution in [-0.4, -0.2) is 11.1 Å². The highest BCUT2D eigenvalue weighted by atomic mass is 127. The van der Waals surface area contributed by atoms with Crippen LogP contribution in [0.4, 0.5) is 0 Å². The highest BCUT2D eigenvalue weighted by Gasteiger charge is 2.08. The summed E-state index contributed by atoms with van der Waals surface area (Å²) in [6.07, 6.45) is -0.0663. The quantitative estimate of drug-likeness (QED) is 0.797. The number of halogens is 1. The highest BCUT2D eigenvalue weighted by Crippen LogP contribution is 2.31. The molecule has 100 valence electrons. The van der Waals surface area contributed by atoms with Gasteiger partial charge in [-0.05, 0) is 64.6 Å². The number of carbonyl (C=O) groups is 1. The fourth-order valence-electron chi connectivity index (χ4n) is 1.67. The molecule has 0 aliphatic rings. The van der Waals surface area contributed by atoms with E-state index in [-0.39, 0.29) is 6.42 Å². The first-order valence-corrected chi connectivity index (χ1v) is 7.66. The number of aliphatic carboxylic acids is 1. The predicted molar refractivity (Wildman–Crippen MR) is 85.8 cm³/mol. The largest absolute Gasteiger partial charge is 0.481 e. The number of benzene rings is 2. The second-order valence-corrected chi connectivity index (χ2v) is 6.43. The maximum absolute atomic E-state index is 10.7. The minimum atomic E-state index is -0.896. The molecule has 2 rings (SSSR count). The molecular formula is C15H10INO2S. The first-order chi connectivity index (χ1) is 9.58. The molecule has 1 N–H and O–H groups in total. The minimum absolute atomic E-state index is 0.0663. The van der Waals surface area contributed by atoms with Gasteiger partial charge in [0.1, 0.15) is 6.07 Å². The molecule has 2 aromatic carbocycles. The lowest BCUT2D eigenvalue weighted by atomic mass is 10.1. The van der Waals surface area contributed by atoms with Gasteiger partial charge in [0, 0.05) is 13.4 Å². The van der Waals surface area contributed by atoms with Crippen LogP contribution in [0.5, 0.6) is 0 Å². The Morgan fingerprint density at radius 1 is 1.25 bits per heavy atom. The van der Waals surface area contributed by atoms with Crippen molar-refractivity contribution in [3.05, 3.63) is 57.2 Å². The molecule has 0 unspecified atom stereocenters. The van der Waals surface area contributed by atoms with Crippen LogP contribution in [0.2, 0.25) is 0 Å². The van der Waals surface area contributed by atoms with Gasteiger partial charge < -0.3 is 5.11 Å². The van der Waals surface area contributed by atoms with Crippen molar-refractivity contribution < 1.29 is 9.90 Å². The molecule has 0 heterocycles. The third-order valence-corrected chi connectivity index (χ3v) is 4.36. The number of hydrogen-bond donors (Lipinski definition) is 1. The van der Waals surface area contributed by atoms with Gasteiger partial charge in [0.25, 0.3) is 0 Å². The molecule has 0 bridgehead atoms. The van der Waals surface area contributed by atoms with Gasteiger partial charge in [-0.3, -0.25) is 4.79 Å². The van der Waals surface area contributed by atoms with Crippen LogP contribution in [0, 0.1) is 14.9 Å². The highest BCUT2D eigenvalue weighted by molar-refractivity contribution is 14.1. The van der Waals surface area contributed by atoms with Gasteiger partial charge in [0.2, 0.25) is 0 Å². The predicted octanol–water partition coefficient (Wildman–Crippen LogP) is 3.94. The number of nitrogens with zero attached hydrogens (tertiary/aromatic N) is 1. The van der Waals surface area contributed by atoms with Gasteiger partial charge in [-0.25, -0.2) is 0 Å². The van der Waals surface area contributed by atoms with E-state index >= 15 is 0 Å². The molecular weight excluding hydrogens is 385 g/mol. The lowest BCUT2D eigenvalue weighted by molar-refractivity contribution is -0.136. The van der Waals surface area contributed by atoms with Crippen LogP contribution >= 0.6 is 34.4 Å². The van der Waals surface area contributed by atoms with Gasteiger partial charge in [0.15, 0.2) is 0 Å². The lowest BCUT2D eigenvalue weighted by Crippen LogP contribution is -2.00. The van der Waals surface area contributed by atoms with Crippen molar-refractivity contribution in [1.82, 2.24) is 0 Å². The van der Waals surface area contributed by atoms with Crippen LogP contribution in [0.1, 0.15) is 11.1 Å². The van der Waals surface area contributed by atoms with E-state index < -0.39 is 5.97 Å². The molecule has 5 heteroatoms. The molecule has 0 spiro atoms. The molecule has 0 aliphatic carbocycles. The summed E-state index contributed by atoms with van der Waals surface area (Å²) >= 11 is 3.74. The van der Waals surface area contributed by atoms with Crippen molar-refractivity contribution in [2.24, 2.45) is 0 Å². The Morgan fingerprint density at radius 3 is 2.55 bits per heavy atom. The molecule has 0 fully saturated rings. The van der Waals surface area contributed by atoms with Crippen LogP contribution in [-0.2, 0) is 11.2 Å². The SMILES string of the molecule is N#Cc1cc(CC(=O)O)ccc1Sc1ccc(I)cc1. The fourth-order valence-corrected chi connectivity index (χ4v) is 2.90. The molecule has 2 aromatic rings. The van der Waals surface area contributed by atoms with Gasteiger partial charge >= 0.3 is 5.97 Å².